The first-order valence-electron chi connectivity index (χ1n) is 3.53. The number of carboxylic acids is 1. The summed E-state index contributed by atoms with van der Waals surface area (Å²) in [6.07, 6.45) is 1.17. The van der Waals surface area contributed by atoms with E-state index in [4.69, 9.17) is 16.7 Å². The SMILES string of the molecule is O=C(O)c1nn(F)c2cc(Cl)ncc12. The first kappa shape index (κ1) is 8.89. The molecule has 0 fully saturated rings. The number of fused-ring (bicyclic) bond motifs is 1. The van der Waals surface area contributed by atoms with Crippen LogP contribution in [0.15, 0.2) is 12.3 Å². The standard InChI is InChI=1S/C7H3ClFN3O2/c8-5-1-4-3(2-10-5)6(7(13)14)11-12(4)9/h1-2H,(H,13,14). The van der Waals surface area contributed by atoms with Crippen LogP contribution in [0.3, 0.4) is 0 Å². The Morgan fingerprint density at radius 3 is 3.00 bits per heavy atom. The molecule has 0 saturated heterocycles. The third-order valence-corrected chi connectivity index (χ3v) is 1.90. The summed E-state index contributed by atoms with van der Waals surface area (Å²) in [7, 11) is 0. The van der Waals surface area contributed by atoms with Gasteiger partial charge in [0.05, 0.1) is 5.39 Å². The lowest BCUT2D eigenvalue weighted by molar-refractivity contribution is 0.0689. The Hall–Kier alpha value is -1.69. The van der Waals surface area contributed by atoms with Crippen LogP contribution in [0.1, 0.15) is 10.5 Å². The Kier molecular flexibility index (Phi) is 1.85. The number of halogens is 2. The van der Waals surface area contributed by atoms with Crippen LogP contribution in [0.5, 0.6) is 0 Å². The highest BCUT2D eigenvalue weighted by molar-refractivity contribution is 6.30. The van der Waals surface area contributed by atoms with Crippen LogP contribution >= 0.6 is 11.6 Å². The van der Waals surface area contributed by atoms with E-state index in [1.807, 2.05) is 0 Å². The highest BCUT2D eigenvalue weighted by Gasteiger charge is 2.16. The maximum absolute atomic E-state index is 13.0. The molecule has 5 nitrogen and oxygen atoms in total. The number of hydrogen-bond donors (Lipinski definition) is 1. The number of hydrogen-bond acceptors (Lipinski definition) is 3. The number of carbonyl (C=O) groups is 1. The molecule has 0 bridgehead atoms. The van der Waals surface area contributed by atoms with Gasteiger partial charge in [0.15, 0.2) is 5.69 Å². The predicted octanol–water partition coefficient (Wildman–Crippen LogP) is 1.52. The fourth-order valence-corrected chi connectivity index (χ4v) is 1.26. The summed E-state index contributed by atoms with van der Waals surface area (Å²) in [6.45, 7) is 0. The highest BCUT2D eigenvalue weighted by Crippen LogP contribution is 2.20. The largest absolute Gasteiger partial charge is 0.476 e. The molecule has 7 heteroatoms. The van der Waals surface area contributed by atoms with E-state index in [-0.39, 0.29) is 26.7 Å². The summed E-state index contributed by atoms with van der Waals surface area (Å²) in [6, 6.07) is 1.20. The molecule has 1 N–H and O–H groups in total. The highest BCUT2D eigenvalue weighted by atomic mass is 35.5. The zero-order valence-electron chi connectivity index (χ0n) is 6.61. The molecular formula is C7H3ClFN3O2. The van der Waals surface area contributed by atoms with Crippen LogP contribution in [0.25, 0.3) is 10.9 Å². The zero-order chi connectivity index (χ0) is 10.3. The molecule has 0 unspecified atom stereocenters. The van der Waals surface area contributed by atoms with E-state index < -0.39 is 5.97 Å². The van der Waals surface area contributed by atoms with Gasteiger partial charge in [-0.05, 0) is 0 Å². The molecule has 0 aliphatic rings. The van der Waals surface area contributed by atoms with Crippen molar-refractivity contribution in [1.29, 1.82) is 0 Å². The average Bonchev–Trinajstić information content (AvgIpc) is 2.44. The summed E-state index contributed by atoms with van der Waals surface area (Å²) in [5.74, 6) is -1.31. The molecule has 0 aromatic carbocycles. The Balaban J connectivity index is 2.84. The summed E-state index contributed by atoms with van der Waals surface area (Å²) < 4.78 is 13.0. The molecule has 0 radical (unpaired) electrons. The number of carboxylic acid groups (broad SMARTS) is 1. The lowest BCUT2D eigenvalue weighted by atomic mass is 10.2. The van der Waals surface area contributed by atoms with Gasteiger partial charge in [-0.25, -0.2) is 9.78 Å². The minimum Gasteiger partial charge on any atom is -0.476 e. The fourth-order valence-electron chi connectivity index (χ4n) is 1.11. The van der Waals surface area contributed by atoms with E-state index in [0.29, 0.717) is 0 Å². The molecule has 0 amide bonds. The van der Waals surface area contributed by atoms with Crippen molar-refractivity contribution in [3.63, 3.8) is 0 Å². The number of nitrogens with zero attached hydrogens (tertiary/aromatic N) is 3. The second-order valence-corrected chi connectivity index (χ2v) is 2.93. The number of aromatic nitrogens is 3. The van der Waals surface area contributed by atoms with Gasteiger partial charge >= 0.3 is 5.97 Å². The van der Waals surface area contributed by atoms with E-state index in [2.05, 4.69) is 10.1 Å². The lowest BCUT2D eigenvalue weighted by Gasteiger charge is -1.90. The summed E-state index contributed by atoms with van der Waals surface area (Å²) in [5.41, 5.74) is -0.394. The monoisotopic (exact) mass is 215 g/mol. The first-order chi connectivity index (χ1) is 6.59. The van der Waals surface area contributed by atoms with Gasteiger partial charge in [-0.1, -0.05) is 21.0 Å². The van der Waals surface area contributed by atoms with Crippen LogP contribution in [0, 0.1) is 0 Å². The minimum atomic E-state index is -1.31. The van der Waals surface area contributed by atoms with Crippen molar-refractivity contribution in [3.8, 4) is 0 Å². The smallest absolute Gasteiger partial charge is 0.357 e. The van der Waals surface area contributed by atoms with E-state index in [0.717, 1.165) is 0 Å². The van der Waals surface area contributed by atoms with Gasteiger partial charge in [-0.15, -0.1) is 5.10 Å². The van der Waals surface area contributed by atoms with Crippen LogP contribution in [-0.2, 0) is 0 Å². The van der Waals surface area contributed by atoms with E-state index in [1.165, 1.54) is 12.3 Å². The maximum atomic E-state index is 13.0. The minimum absolute atomic E-state index is 0.0117. The third-order valence-electron chi connectivity index (χ3n) is 1.69. The fraction of sp³-hybridized carbons (Fsp3) is 0. The van der Waals surface area contributed by atoms with Crippen molar-refractivity contribution in [1.82, 2.24) is 15.0 Å². The van der Waals surface area contributed by atoms with Gasteiger partial charge in [-0.3, -0.25) is 0 Å². The normalized spacial score (nSPS) is 10.7. The molecule has 0 atom stereocenters. The lowest BCUT2D eigenvalue weighted by Crippen LogP contribution is -1.98. The number of rotatable bonds is 1. The van der Waals surface area contributed by atoms with E-state index in [1.54, 1.807) is 0 Å². The quantitative estimate of drug-likeness (QED) is 0.733. The Labute approximate surface area is 81.7 Å². The van der Waals surface area contributed by atoms with Crippen molar-refractivity contribution < 1.29 is 14.4 Å². The van der Waals surface area contributed by atoms with E-state index >= 15 is 0 Å². The van der Waals surface area contributed by atoms with Crippen molar-refractivity contribution in [2.24, 2.45) is 0 Å². The summed E-state index contributed by atoms with van der Waals surface area (Å²) in [5, 5.41) is 12.0. The van der Waals surface area contributed by atoms with Gasteiger partial charge in [0.1, 0.15) is 10.7 Å². The molecule has 2 aromatic heterocycles. The molecule has 72 valence electrons. The maximum Gasteiger partial charge on any atom is 0.357 e. The Morgan fingerprint density at radius 2 is 2.36 bits per heavy atom. The molecule has 14 heavy (non-hydrogen) atoms. The molecular weight excluding hydrogens is 213 g/mol. The zero-order valence-corrected chi connectivity index (χ0v) is 7.36. The van der Waals surface area contributed by atoms with Crippen molar-refractivity contribution in [2.45, 2.75) is 0 Å². The number of pyridine rings is 1. The molecule has 2 aromatic rings. The Bertz CT molecular complexity index is 525. The molecule has 0 aliphatic heterocycles. The molecule has 0 spiro atoms. The topological polar surface area (TPSA) is 68.0 Å². The van der Waals surface area contributed by atoms with Gasteiger partial charge in [0.25, 0.3) is 0 Å². The van der Waals surface area contributed by atoms with E-state index in [9.17, 15) is 9.28 Å². The molecule has 0 saturated carbocycles. The first-order valence-corrected chi connectivity index (χ1v) is 3.91. The number of aromatic carboxylic acids is 1. The van der Waals surface area contributed by atoms with Gasteiger partial charge in [-0.2, -0.15) is 0 Å². The van der Waals surface area contributed by atoms with Crippen molar-refractivity contribution in [2.75, 3.05) is 0 Å². The van der Waals surface area contributed by atoms with Gasteiger partial charge < -0.3 is 5.11 Å². The van der Waals surface area contributed by atoms with Crippen LogP contribution in [-0.4, -0.2) is 26.1 Å². The van der Waals surface area contributed by atoms with Crippen molar-refractivity contribution >= 4 is 28.5 Å². The van der Waals surface area contributed by atoms with Crippen LogP contribution in [0.2, 0.25) is 5.15 Å². The van der Waals surface area contributed by atoms with Gasteiger partial charge in [0.2, 0.25) is 0 Å². The third kappa shape index (κ3) is 1.20. The van der Waals surface area contributed by atoms with Crippen LogP contribution in [0.4, 0.5) is 4.48 Å². The Morgan fingerprint density at radius 1 is 1.64 bits per heavy atom. The summed E-state index contributed by atoms with van der Waals surface area (Å²) in [4.78, 5) is 14.2. The predicted molar refractivity (Wildman–Crippen MR) is 46.0 cm³/mol. The average molecular weight is 216 g/mol. The second kappa shape index (κ2) is 2.91. The molecule has 0 aliphatic carbocycles. The van der Waals surface area contributed by atoms with Crippen molar-refractivity contribution in [3.05, 3.63) is 23.1 Å². The molecule has 2 heterocycles. The van der Waals surface area contributed by atoms with Crippen LogP contribution < -0.4 is 0 Å². The van der Waals surface area contributed by atoms with Gasteiger partial charge in [0, 0.05) is 12.3 Å². The molecule has 2 rings (SSSR count). The summed E-state index contributed by atoms with van der Waals surface area (Å²) >= 11 is 5.51. The second-order valence-electron chi connectivity index (χ2n) is 2.54.